The molecular weight excluding hydrogens is 334 g/mol. The Kier molecular flexibility index (Phi) is 8.38. The van der Waals surface area contributed by atoms with E-state index in [1.165, 1.54) is 19.3 Å². The summed E-state index contributed by atoms with van der Waals surface area (Å²) in [6.07, 6.45) is 7.10. The van der Waals surface area contributed by atoms with Crippen LogP contribution in [0.25, 0.3) is 0 Å². The summed E-state index contributed by atoms with van der Waals surface area (Å²) in [5, 5.41) is 0. The van der Waals surface area contributed by atoms with E-state index in [9.17, 15) is 0 Å². The van der Waals surface area contributed by atoms with Gasteiger partial charge in [0.25, 0.3) is 0 Å². The zero-order valence-corrected chi connectivity index (χ0v) is 16.9. The molecule has 1 aliphatic heterocycles. The van der Waals surface area contributed by atoms with Gasteiger partial charge >= 0.3 is 0 Å². The molecule has 0 aromatic heterocycles. The molecule has 1 aromatic rings. The molecule has 25 heavy (non-hydrogen) atoms. The third-order valence-electron chi connectivity index (χ3n) is 4.72. The van der Waals surface area contributed by atoms with Gasteiger partial charge in [-0.05, 0) is 83.3 Å². The van der Waals surface area contributed by atoms with Crippen molar-refractivity contribution < 1.29 is 9.47 Å². The zero-order chi connectivity index (χ0) is 18.1. The third-order valence-corrected chi connectivity index (χ3v) is 4.99. The molecule has 1 saturated heterocycles. The van der Waals surface area contributed by atoms with Crippen molar-refractivity contribution in [1.29, 1.82) is 0 Å². The van der Waals surface area contributed by atoms with Crippen molar-refractivity contribution in [3.8, 4) is 11.5 Å². The van der Waals surface area contributed by atoms with Crippen LogP contribution in [-0.2, 0) is 0 Å². The van der Waals surface area contributed by atoms with Gasteiger partial charge in [-0.3, -0.25) is 4.90 Å². The van der Waals surface area contributed by atoms with Gasteiger partial charge in [-0.1, -0.05) is 13.3 Å². The van der Waals surface area contributed by atoms with Crippen LogP contribution in [0.5, 0.6) is 11.5 Å². The number of piperidine rings is 1. The quantitative estimate of drug-likeness (QED) is 0.509. The molecule has 0 bridgehead atoms. The molecule has 0 amide bonds. The number of benzene rings is 1. The van der Waals surface area contributed by atoms with Gasteiger partial charge in [0.15, 0.2) is 0 Å². The lowest BCUT2D eigenvalue weighted by Crippen LogP contribution is -2.41. The predicted molar refractivity (Wildman–Crippen MR) is 106 cm³/mol. The van der Waals surface area contributed by atoms with Crippen LogP contribution in [-0.4, -0.2) is 42.1 Å². The Morgan fingerprint density at radius 1 is 1.16 bits per heavy atom. The number of nitrogens with zero attached hydrogens (tertiary/aromatic N) is 1. The van der Waals surface area contributed by atoms with Gasteiger partial charge in [0, 0.05) is 12.4 Å². The van der Waals surface area contributed by atoms with Crippen molar-refractivity contribution in [2.75, 3.05) is 25.5 Å². The number of rotatable bonds is 10. The van der Waals surface area contributed by atoms with E-state index in [-0.39, 0.29) is 11.7 Å². The van der Waals surface area contributed by atoms with Crippen LogP contribution < -0.4 is 9.47 Å². The molecule has 0 radical (unpaired) electrons. The van der Waals surface area contributed by atoms with Crippen molar-refractivity contribution in [2.45, 2.75) is 71.0 Å². The van der Waals surface area contributed by atoms with Crippen molar-refractivity contribution in [2.24, 2.45) is 0 Å². The second kappa shape index (κ2) is 10.3. The van der Waals surface area contributed by atoms with E-state index in [1.54, 1.807) is 0 Å². The van der Waals surface area contributed by atoms with Crippen molar-refractivity contribution in [3.05, 3.63) is 24.3 Å². The van der Waals surface area contributed by atoms with E-state index in [0.29, 0.717) is 0 Å². The topological polar surface area (TPSA) is 21.7 Å². The molecule has 3 nitrogen and oxygen atoms in total. The van der Waals surface area contributed by atoms with Gasteiger partial charge in [0.05, 0.1) is 0 Å². The van der Waals surface area contributed by atoms with E-state index < -0.39 is 0 Å². The molecule has 1 fully saturated rings. The highest BCUT2D eigenvalue weighted by Crippen LogP contribution is 2.26. The molecule has 1 heterocycles. The normalized spacial score (nSPS) is 19.0. The van der Waals surface area contributed by atoms with Crippen LogP contribution in [0.15, 0.2) is 24.3 Å². The maximum Gasteiger partial charge on any atom is 0.120 e. The molecule has 2 rings (SSSR count). The highest BCUT2D eigenvalue weighted by Gasteiger charge is 2.21. The number of hydrogen-bond acceptors (Lipinski definition) is 3. The Labute approximate surface area is 158 Å². The Bertz CT molecular complexity index is 489. The largest absolute Gasteiger partial charge is 0.489 e. The van der Waals surface area contributed by atoms with Crippen LogP contribution in [0, 0.1) is 0 Å². The summed E-state index contributed by atoms with van der Waals surface area (Å²) in [5.41, 5.74) is -0.120. The van der Waals surface area contributed by atoms with E-state index in [2.05, 4.69) is 25.7 Å². The Morgan fingerprint density at radius 2 is 1.88 bits per heavy atom. The molecule has 0 spiro atoms. The van der Waals surface area contributed by atoms with Crippen LogP contribution in [0.3, 0.4) is 0 Å². The summed E-state index contributed by atoms with van der Waals surface area (Å²) >= 11 is 5.81. The molecular formula is C21H34ClNO2. The number of unbranched alkanes of at least 4 members (excludes halogenated alkanes) is 1. The first kappa shape index (κ1) is 20.4. The molecule has 1 atom stereocenters. The first-order chi connectivity index (χ1) is 12.0. The number of ether oxygens (including phenoxy) is 2. The predicted octanol–water partition coefficient (Wildman–Crippen LogP) is 5.51. The summed E-state index contributed by atoms with van der Waals surface area (Å²) in [7, 11) is 0. The SMILES string of the molecule is CCCCC(C)(C)Oc1ccc(O[C@@H]2CCCN(CCCCl)C2)cc1. The van der Waals surface area contributed by atoms with E-state index >= 15 is 0 Å². The second-order valence-electron chi connectivity index (χ2n) is 7.66. The first-order valence-electron chi connectivity index (χ1n) is 9.76. The maximum atomic E-state index is 6.19. The van der Waals surface area contributed by atoms with Gasteiger partial charge in [0.2, 0.25) is 0 Å². The number of alkyl halides is 1. The van der Waals surface area contributed by atoms with Gasteiger partial charge in [-0.15, -0.1) is 11.6 Å². The lowest BCUT2D eigenvalue weighted by atomic mass is 10.0. The van der Waals surface area contributed by atoms with Crippen LogP contribution in [0.4, 0.5) is 0 Å². The number of halogens is 1. The van der Waals surface area contributed by atoms with Gasteiger partial charge in [-0.2, -0.15) is 0 Å². The number of hydrogen-bond donors (Lipinski definition) is 0. The Balaban J connectivity index is 1.83. The number of likely N-dealkylation sites (tertiary alicyclic amines) is 1. The summed E-state index contributed by atoms with van der Waals surface area (Å²) in [6.45, 7) is 9.76. The van der Waals surface area contributed by atoms with Gasteiger partial charge in [0.1, 0.15) is 23.2 Å². The fraction of sp³-hybridized carbons (Fsp3) is 0.714. The van der Waals surface area contributed by atoms with Crippen molar-refractivity contribution in [1.82, 2.24) is 4.90 Å². The highest BCUT2D eigenvalue weighted by atomic mass is 35.5. The van der Waals surface area contributed by atoms with Gasteiger partial charge in [-0.25, -0.2) is 0 Å². The smallest absolute Gasteiger partial charge is 0.120 e. The summed E-state index contributed by atoms with van der Waals surface area (Å²) < 4.78 is 12.3. The lowest BCUT2D eigenvalue weighted by Gasteiger charge is -2.32. The molecule has 1 aliphatic rings. The summed E-state index contributed by atoms with van der Waals surface area (Å²) in [5.74, 6) is 2.58. The molecule has 0 N–H and O–H groups in total. The zero-order valence-electron chi connectivity index (χ0n) is 16.1. The molecule has 1 aromatic carbocycles. The average molecular weight is 368 g/mol. The summed E-state index contributed by atoms with van der Waals surface area (Å²) in [4.78, 5) is 2.46. The molecule has 0 unspecified atom stereocenters. The standard InChI is InChI=1S/C21H34ClNO2/c1-4-5-13-21(2,3)25-19-11-9-18(10-12-19)24-20-8-6-15-23(17-20)16-7-14-22/h9-12,20H,4-8,13-17H2,1-3H3/t20-/m1/s1. The van der Waals surface area contributed by atoms with Crippen molar-refractivity contribution >= 4 is 11.6 Å². The molecule has 0 aliphatic carbocycles. The minimum absolute atomic E-state index is 0.120. The minimum atomic E-state index is -0.120. The van der Waals surface area contributed by atoms with Crippen LogP contribution in [0.2, 0.25) is 0 Å². The van der Waals surface area contributed by atoms with E-state index in [1.807, 2.05) is 24.3 Å². The van der Waals surface area contributed by atoms with Gasteiger partial charge < -0.3 is 9.47 Å². The van der Waals surface area contributed by atoms with E-state index in [4.69, 9.17) is 21.1 Å². The fourth-order valence-electron chi connectivity index (χ4n) is 3.35. The monoisotopic (exact) mass is 367 g/mol. The Morgan fingerprint density at radius 3 is 2.56 bits per heavy atom. The first-order valence-corrected chi connectivity index (χ1v) is 10.3. The fourth-order valence-corrected chi connectivity index (χ4v) is 3.47. The summed E-state index contributed by atoms with van der Waals surface area (Å²) in [6, 6.07) is 8.11. The lowest BCUT2D eigenvalue weighted by molar-refractivity contribution is 0.0873. The average Bonchev–Trinajstić information content (AvgIpc) is 2.60. The minimum Gasteiger partial charge on any atom is -0.489 e. The van der Waals surface area contributed by atoms with E-state index in [0.717, 1.165) is 56.3 Å². The van der Waals surface area contributed by atoms with Crippen LogP contribution >= 0.6 is 11.6 Å². The highest BCUT2D eigenvalue weighted by molar-refractivity contribution is 6.17. The van der Waals surface area contributed by atoms with Crippen LogP contribution in [0.1, 0.15) is 59.3 Å². The molecule has 0 saturated carbocycles. The maximum absolute atomic E-state index is 6.19. The molecule has 142 valence electrons. The second-order valence-corrected chi connectivity index (χ2v) is 8.04. The third kappa shape index (κ3) is 7.45. The Hall–Kier alpha value is -0.930. The molecule has 4 heteroatoms. The van der Waals surface area contributed by atoms with Crippen molar-refractivity contribution in [3.63, 3.8) is 0 Å².